The smallest absolute Gasteiger partial charge is 0.304 e. The van der Waals surface area contributed by atoms with Crippen molar-refractivity contribution in [3.63, 3.8) is 0 Å². The maximum absolute atomic E-state index is 12.1. The molecule has 0 atom stereocenters. The molecular formula is C15H19N3O3. The topological polar surface area (TPSA) is 73.7 Å². The monoisotopic (exact) mass is 289 g/mol. The standard InChI is InChI=1S/C15H19N3O3/c19-14(4-3-13-2-1-6-16-12-13)18-10-8-17(9-11-18)7-5-15(20)21/h1-4,6,12H,5,7-11H2,(H,20,21)/b4-3+. The Balaban J connectivity index is 1.78. The SMILES string of the molecule is O=C(O)CCN1CCN(C(=O)/C=C/c2cccnc2)CC1. The van der Waals surface area contributed by atoms with Gasteiger partial charge < -0.3 is 10.0 Å². The van der Waals surface area contributed by atoms with Gasteiger partial charge in [0, 0.05) is 51.2 Å². The summed E-state index contributed by atoms with van der Waals surface area (Å²) in [4.78, 5) is 30.4. The number of hydrogen-bond donors (Lipinski definition) is 1. The molecule has 1 aromatic heterocycles. The average molecular weight is 289 g/mol. The Morgan fingerprint density at radius 1 is 1.29 bits per heavy atom. The van der Waals surface area contributed by atoms with Crippen molar-refractivity contribution in [2.45, 2.75) is 6.42 Å². The first kappa shape index (κ1) is 15.2. The summed E-state index contributed by atoms with van der Waals surface area (Å²) in [6.07, 6.45) is 6.86. The third-order valence-electron chi connectivity index (χ3n) is 3.43. The average Bonchev–Trinajstić information content (AvgIpc) is 2.52. The fraction of sp³-hybridized carbons (Fsp3) is 0.400. The van der Waals surface area contributed by atoms with Crippen molar-refractivity contribution >= 4 is 18.0 Å². The summed E-state index contributed by atoms with van der Waals surface area (Å²) >= 11 is 0. The van der Waals surface area contributed by atoms with Gasteiger partial charge in [-0.2, -0.15) is 0 Å². The highest BCUT2D eigenvalue weighted by atomic mass is 16.4. The zero-order chi connectivity index (χ0) is 15.1. The molecule has 1 saturated heterocycles. The summed E-state index contributed by atoms with van der Waals surface area (Å²) in [6.45, 7) is 3.26. The summed E-state index contributed by atoms with van der Waals surface area (Å²) in [5, 5.41) is 8.66. The van der Waals surface area contributed by atoms with E-state index in [4.69, 9.17) is 5.11 Å². The molecule has 6 nitrogen and oxygen atoms in total. The lowest BCUT2D eigenvalue weighted by atomic mass is 10.2. The highest BCUT2D eigenvalue weighted by Crippen LogP contribution is 2.05. The number of aliphatic carboxylic acids is 1. The number of amides is 1. The van der Waals surface area contributed by atoms with Crippen molar-refractivity contribution in [2.75, 3.05) is 32.7 Å². The number of rotatable bonds is 5. The quantitative estimate of drug-likeness (QED) is 0.808. The van der Waals surface area contributed by atoms with Crippen LogP contribution in [0, 0.1) is 0 Å². The van der Waals surface area contributed by atoms with Gasteiger partial charge in [0.05, 0.1) is 6.42 Å². The molecule has 0 aromatic carbocycles. The van der Waals surface area contributed by atoms with Crippen LogP contribution in [0.2, 0.25) is 0 Å². The third-order valence-corrected chi connectivity index (χ3v) is 3.43. The van der Waals surface area contributed by atoms with E-state index < -0.39 is 5.97 Å². The number of carbonyl (C=O) groups is 2. The summed E-state index contributed by atoms with van der Waals surface area (Å²) < 4.78 is 0. The summed E-state index contributed by atoms with van der Waals surface area (Å²) in [5.74, 6) is -0.801. The fourth-order valence-corrected chi connectivity index (χ4v) is 2.19. The van der Waals surface area contributed by atoms with Crippen LogP contribution in [0.5, 0.6) is 0 Å². The van der Waals surface area contributed by atoms with Crippen molar-refractivity contribution in [1.29, 1.82) is 0 Å². The molecule has 0 spiro atoms. The van der Waals surface area contributed by atoms with Gasteiger partial charge in [0.15, 0.2) is 0 Å². The molecule has 0 radical (unpaired) electrons. The highest BCUT2D eigenvalue weighted by Gasteiger charge is 2.19. The second-order valence-corrected chi connectivity index (χ2v) is 4.93. The van der Waals surface area contributed by atoms with Gasteiger partial charge in [0.25, 0.3) is 0 Å². The predicted molar refractivity (Wildman–Crippen MR) is 78.5 cm³/mol. The van der Waals surface area contributed by atoms with Crippen LogP contribution in [0.15, 0.2) is 30.6 Å². The lowest BCUT2D eigenvalue weighted by Crippen LogP contribution is -2.48. The van der Waals surface area contributed by atoms with Gasteiger partial charge in [-0.1, -0.05) is 6.07 Å². The molecule has 0 bridgehead atoms. The predicted octanol–water partition coefficient (Wildman–Crippen LogP) is 0.714. The van der Waals surface area contributed by atoms with Crippen LogP contribution >= 0.6 is 0 Å². The lowest BCUT2D eigenvalue weighted by molar-refractivity contribution is -0.138. The Morgan fingerprint density at radius 2 is 2.05 bits per heavy atom. The number of aromatic nitrogens is 1. The van der Waals surface area contributed by atoms with Crippen LogP contribution < -0.4 is 0 Å². The van der Waals surface area contributed by atoms with E-state index in [9.17, 15) is 9.59 Å². The Morgan fingerprint density at radius 3 is 2.67 bits per heavy atom. The second-order valence-electron chi connectivity index (χ2n) is 4.93. The van der Waals surface area contributed by atoms with E-state index in [2.05, 4.69) is 9.88 Å². The number of carboxylic acids is 1. The molecule has 21 heavy (non-hydrogen) atoms. The van der Waals surface area contributed by atoms with Gasteiger partial charge in [0.1, 0.15) is 0 Å². The number of carboxylic acid groups (broad SMARTS) is 1. The fourth-order valence-electron chi connectivity index (χ4n) is 2.19. The van der Waals surface area contributed by atoms with E-state index in [1.807, 2.05) is 12.1 Å². The molecule has 1 aliphatic rings. The minimum Gasteiger partial charge on any atom is -0.481 e. The van der Waals surface area contributed by atoms with Crippen LogP contribution in [0.1, 0.15) is 12.0 Å². The summed E-state index contributed by atoms with van der Waals surface area (Å²) in [6, 6.07) is 3.71. The molecule has 1 fully saturated rings. The number of carbonyl (C=O) groups excluding carboxylic acids is 1. The molecule has 1 N–H and O–H groups in total. The van der Waals surface area contributed by atoms with E-state index in [0.29, 0.717) is 19.6 Å². The van der Waals surface area contributed by atoms with Crippen LogP contribution in [0.3, 0.4) is 0 Å². The number of hydrogen-bond acceptors (Lipinski definition) is 4. The molecule has 112 valence electrons. The normalized spacial score (nSPS) is 16.3. The first-order chi connectivity index (χ1) is 10.1. The van der Waals surface area contributed by atoms with Crippen LogP contribution in [0.4, 0.5) is 0 Å². The van der Waals surface area contributed by atoms with Gasteiger partial charge in [-0.3, -0.25) is 19.5 Å². The molecule has 1 aliphatic heterocycles. The molecule has 0 unspecified atom stereocenters. The Hall–Kier alpha value is -2.21. The van der Waals surface area contributed by atoms with Crippen molar-refractivity contribution in [1.82, 2.24) is 14.8 Å². The van der Waals surface area contributed by atoms with Crippen LogP contribution in [0.25, 0.3) is 6.08 Å². The molecule has 2 heterocycles. The van der Waals surface area contributed by atoms with Gasteiger partial charge >= 0.3 is 5.97 Å². The van der Waals surface area contributed by atoms with E-state index in [1.165, 1.54) is 0 Å². The van der Waals surface area contributed by atoms with Crippen molar-refractivity contribution in [2.24, 2.45) is 0 Å². The van der Waals surface area contributed by atoms with E-state index in [0.717, 1.165) is 18.7 Å². The maximum atomic E-state index is 12.1. The lowest BCUT2D eigenvalue weighted by Gasteiger charge is -2.33. The summed E-state index contributed by atoms with van der Waals surface area (Å²) in [7, 11) is 0. The van der Waals surface area contributed by atoms with E-state index in [-0.39, 0.29) is 12.3 Å². The maximum Gasteiger partial charge on any atom is 0.304 e. The van der Waals surface area contributed by atoms with Gasteiger partial charge in [0.2, 0.25) is 5.91 Å². The van der Waals surface area contributed by atoms with Crippen LogP contribution in [-0.2, 0) is 9.59 Å². The largest absolute Gasteiger partial charge is 0.481 e. The third kappa shape index (κ3) is 5.00. The van der Waals surface area contributed by atoms with Crippen molar-refractivity contribution < 1.29 is 14.7 Å². The molecule has 0 aliphatic carbocycles. The molecule has 2 rings (SSSR count). The van der Waals surface area contributed by atoms with Gasteiger partial charge in [-0.05, 0) is 17.7 Å². The minimum atomic E-state index is -0.784. The van der Waals surface area contributed by atoms with Crippen molar-refractivity contribution in [3.05, 3.63) is 36.2 Å². The molecule has 1 aromatic rings. The minimum absolute atomic E-state index is 0.0169. The zero-order valence-corrected chi connectivity index (χ0v) is 11.8. The summed E-state index contributed by atoms with van der Waals surface area (Å²) in [5.41, 5.74) is 0.894. The molecule has 6 heteroatoms. The molecule has 0 saturated carbocycles. The number of nitrogens with zero attached hydrogens (tertiary/aromatic N) is 3. The number of pyridine rings is 1. The second kappa shape index (κ2) is 7.54. The Bertz CT molecular complexity index is 508. The van der Waals surface area contributed by atoms with Crippen molar-refractivity contribution in [3.8, 4) is 0 Å². The number of piperazine rings is 1. The van der Waals surface area contributed by atoms with E-state index in [1.54, 1.807) is 29.4 Å². The Kier molecular flexibility index (Phi) is 5.45. The van der Waals surface area contributed by atoms with E-state index >= 15 is 0 Å². The Labute approximate surface area is 123 Å². The van der Waals surface area contributed by atoms with Gasteiger partial charge in [-0.25, -0.2) is 0 Å². The molecular weight excluding hydrogens is 270 g/mol. The first-order valence-electron chi connectivity index (χ1n) is 6.96. The van der Waals surface area contributed by atoms with Gasteiger partial charge in [-0.15, -0.1) is 0 Å². The first-order valence-corrected chi connectivity index (χ1v) is 6.96. The van der Waals surface area contributed by atoms with Crippen LogP contribution in [-0.4, -0.2) is 64.5 Å². The molecule has 1 amide bonds. The highest BCUT2D eigenvalue weighted by molar-refractivity contribution is 5.91. The zero-order valence-electron chi connectivity index (χ0n) is 11.8.